The Morgan fingerprint density at radius 3 is 2.71 bits per heavy atom. The Balaban J connectivity index is 1.64. The lowest BCUT2D eigenvalue weighted by molar-refractivity contribution is -0.0501. The molecule has 1 fully saturated rings. The third-order valence-corrected chi connectivity index (χ3v) is 4.85. The van der Waals surface area contributed by atoms with Gasteiger partial charge in [-0.1, -0.05) is 0 Å². The lowest BCUT2D eigenvalue weighted by Gasteiger charge is -2.18. The number of ether oxygens (including phenoxy) is 2. The summed E-state index contributed by atoms with van der Waals surface area (Å²) >= 11 is 0. The maximum atomic E-state index is 10.5. The number of aliphatic hydroxyl groups is 3. The first kappa shape index (κ1) is 20.9. The molecule has 4 rings (SSSR count). The minimum Gasteiger partial charge on any atom is -0.494 e. The molecule has 12 nitrogen and oxygen atoms in total. The van der Waals surface area contributed by atoms with E-state index >= 15 is 0 Å². The van der Waals surface area contributed by atoms with Gasteiger partial charge < -0.3 is 30.5 Å². The van der Waals surface area contributed by atoms with Crippen molar-refractivity contribution < 1.29 is 24.8 Å². The van der Waals surface area contributed by atoms with Gasteiger partial charge in [-0.25, -0.2) is 20.4 Å². The maximum absolute atomic E-state index is 10.5. The summed E-state index contributed by atoms with van der Waals surface area (Å²) in [6.07, 6.45) is -1.82. The predicted octanol–water partition coefficient (Wildman–Crippen LogP) is -0.135. The van der Waals surface area contributed by atoms with Crippen LogP contribution in [0.25, 0.3) is 11.2 Å². The first-order valence-corrected chi connectivity index (χ1v) is 9.66. The van der Waals surface area contributed by atoms with Crippen LogP contribution in [0.1, 0.15) is 18.7 Å². The zero-order valence-corrected chi connectivity index (χ0v) is 16.7. The Bertz CT molecular complexity index is 1070. The zero-order chi connectivity index (χ0) is 22.0. The second-order valence-electron chi connectivity index (χ2n) is 6.84. The maximum Gasteiger partial charge on any atom is 0.228 e. The van der Waals surface area contributed by atoms with E-state index in [0.29, 0.717) is 6.61 Å². The standard InChI is InChI=1S/C19H23N7O5/c1-2-30-11-5-3-10(4-6-11)7-23-25-19-24-13-16(20)21-9-22-17(13)26(19)18-15(29)14(28)12(8-27)31-18/h3-7,9,12,14-15,18,27-29H,2,8H2,1H3,(H,24,25)(H2,20,21,22)/t12-,14-,15-,18-/m0/s1. The molecule has 0 bridgehead atoms. The number of anilines is 2. The number of aromatic nitrogens is 4. The van der Waals surface area contributed by atoms with E-state index in [4.69, 9.17) is 15.2 Å². The molecule has 2 aromatic heterocycles. The molecule has 1 saturated heterocycles. The van der Waals surface area contributed by atoms with E-state index in [0.717, 1.165) is 11.3 Å². The number of nitrogens with one attached hydrogen (secondary N) is 1. The number of benzene rings is 1. The fourth-order valence-electron chi connectivity index (χ4n) is 3.32. The van der Waals surface area contributed by atoms with Crippen molar-refractivity contribution in [3.05, 3.63) is 36.2 Å². The van der Waals surface area contributed by atoms with Crippen LogP contribution in [0.4, 0.5) is 11.8 Å². The van der Waals surface area contributed by atoms with E-state index in [1.165, 1.54) is 10.9 Å². The molecular weight excluding hydrogens is 406 g/mol. The number of imidazole rings is 1. The molecule has 0 amide bonds. The lowest BCUT2D eigenvalue weighted by atomic mass is 10.1. The Kier molecular flexibility index (Phi) is 5.95. The van der Waals surface area contributed by atoms with Gasteiger partial charge in [0.2, 0.25) is 5.95 Å². The fourth-order valence-corrected chi connectivity index (χ4v) is 3.32. The van der Waals surface area contributed by atoms with Gasteiger partial charge in [0, 0.05) is 0 Å². The highest BCUT2D eigenvalue weighted by molar-refractivity contribution is 5.84. The van der Waals surface area contributed by atoms with E-state index in [-0.39, 0.29) is 22.9 Å². The fraction of sp³-hybridized carbons (Fsp3) is 0.368. The first-order chi connectivity index (χ1) is 15.0. The van der Waals surface area contributed by atoms with Crippen LogP contribution in [0.15, 0.2) is 35.7 Å². The van der Waals surface area contributed by atoms with Crippen LogP contribution in [-0.2, 0) is 4.74 Å². The Hall–Kier alpha value is -3.32. The number of nitrogens with zero attached hydrogens (tertiary/aromatic N) is 5. The van der Waals surface area contributed by atoms with Crippen molar-refractivity contribution in [3.8, 4) is 5.75 Å². The van der Waals surface area contributed by atoms with Crippen LogP contribution < -0.4 is 15.9 Å². The van der Waals surface area contributed by atoms with Gasteiger partial charge in [0.15, 0.2) is 23.2 Å². The summed E-state index contributed by atoms with van der Waals surface area (Å²) in [5, 5.41) is 34.2. The van der Waals surface area contributed by atoms with Crippen molar-refractivity contribution in [3.63, 3.8) is 0 Å². The average molecular weight is 429 g/mol. The number of hydrogen-bond donors (Lipinski definition) is 5. The molecule has 0 aliphatic carbocycles. The summed E-state index contributed by atoms with van der Waals surface area (Å²) in [5.74, 6) is 1.06. The molecule has 3 heterocycles. The summed E-state index contributed by atoms with van der Waals surface area (Å²) < 4.78 is 12.5. The van der Waals surface area contributed by atoms with Gasteiger partial charge in [-0.3, -0.25) is 4.57 Å². The summed E-state index contributed by atoms with van der Waals surface area (Å²) in [4.78, 5) is 12.5. The van der Waals surface area contributed by atoms with Crippen molar-refractivity contribution in [2.24, 2.45) is 5.10 Å². The second-order valence-corrected chi connectivity index (χ2v) is 6.84. The summed E-state index contributed by atoms with van der Waals surface area (Å²) in [6.45, 7) is 2.03. The Labute approximate surface area is 177 Å². The largest absolute Gasteiger partial charge is 0.494 e. The van der Waals surface area contributed by atoms with E-state index in [9.17, 15) is 15.3 Å². The smallest absolute Gasteiger partial charge is 0.228 e. The van der Waals surface area contributed by atoms with Crippen molar-refractivity contribution in [2.75, 3.05) is 24.4 Å². The van der Waals surface area contributed by atoms with Gasteiger partial charge in [-0.15, -0.1) is 0 Å². The average Bonchev–Trinajstić information content (AvgIpc) is 3.27. The number of nitrogen functional groups attached to an aromatic ring is 1. The van der Waals surface area contributed by atoms with E-state index in [1.54, 1.807) is 6.21 Å². The summed E-state index contributed by atoms with van der Waals surface area (Å²) in [6, 6.07) is 7.34. The quantitative estimate of drug-likeness (QED) is 0.251. The Morgan fingerprint density at radius 2 is 2.03 bits per heavy atom. The number of aliphatic hydroxyl groups excluding tert-OH is 3. The normalized spacial score (nSPS) is 23.6. The minimum absolute atomic E-state index is 0.133. The SMILES string of the molecule is CCOc1ccc(C=NNc2nc3c(N)ncnc3n2[C@H]2O[C@@H](CO)[C@H](O)[C@@H]2O)cc1. The van der Waals surface area contributed by atoms with Crippen LogP contribution in [0.2, 0.25) is 0 Å². The van der Waals surface area contributed by atoms with Gasteiger partial charge >= 0.3 is 0 Å². The van der Waals surface area contributed by atoms with Gasteiger partial charge in [-0.2, -0.15) is 5.10 Å². The Morgan fingerprint density at radius 1 is 1.26 bits per heavy atom. The molecule has 0 unspecified atom stereocenters. The molecule has 1 aliphatic heterocycles. The molecule has 0 radical (unpaired) electrons. The zero-order valence-electron chi connectivity index (χ0n) is 16.7. The van der Waals surface area contributed by atoms with Crippen LogP contribution in [-0.4, -0.2) is 72.6 Å². The number of fused-ring (bicyclic) bond motifs is 1. The summed E-state index contributed by atoms with van der Waals surface area (Å²) in [5.41, 5.74) is 10.1. The highest BCUT2D eigenvalue weighted by Crippen LogP contribution is 2.35. The summed E-state index contributed by atoms with van der Waals surface area (Å²) in [7, 11) is 0. The molecule has 0 saturated carbocycles. The molecule has 12 heteroatoms. The molecule has 164 valence electrons. The molecule has 31 heavy (non-hydrogen) atoms. The molecule has 1 aromatic carbocycles. The third kappa shape index (κ3) is 4.01. The lowest BCUT2D eigenvalue weighted by Crippen LogP contribution is -2.33. The van der Waals surface area contributed by atoms with Crippen molar-refractivity contribution >= 4 is 29.1 Å². The van der Waals surface area contributed by atoms with Crippen molar-refractivity contribution in [1.29, 1.82) is 0 Å². The first-order valence-electron chi connectivity index (χ1n) is 9.66. The predicted molar refractivity (Wildman–Crippen MR) is 112 cm³/mol. The number of hydrazone groups is 1. The van der Waals surface area contributed by atoms with Crippen LogP contribution in [0, 0.1) is 0 Å². The molecule has 0 spiro atoms. The van der Waals surface area contributed by atoms with E-state index in [1.807, 2.05) is 31.2 Å². The molecular formula is C19H23N7O5. The topological polar surface area (TPSA) is 173 Å². The van der Waals surface area contributed by atoms with E-state index in [2.05, 4.69) is 25.5 Å². The van der Waals surface area contributed by atoms with Crippen LogP contribution >= 0.6 is 0 Å². The highest BCUT2D eigenvalue weighted by atomic mass is 16.6. The van der Waals surface area contributed by atoms with Gasteiger partial charge in [0.05, 0.1) is 19.4 Å². The van der Waals surface area contributed by atoms with Gasteiger partial charge in [0.1, 0.15) is 30.4 Å². The number of nitrogens with two attached hydrogens (primary N) is 1. The van der Waals surface area contributed by atoms with Crippen molar-refractivity contribution in [1.82, 2.24) is 19.5 Å². The molecule has 6 N–H and O–H groups in total. The third-order valence-electron chi connectivity index (χ3n) is 4.85. The monoisotopic (exact) mass is 429 g/mol. The molecule has 1 aliphatic rings. The van der Waals surface area contributed by atoms with Crippen LogP contribution in [0.5, 0.6) is 5.75 Å². The van der Waals surface area contributed by atoms with Crippen molar-refractivity contribution in [2.45, 2.75) is 31.5 Å². The van der Waals surface area contributed by atoms with Gasteiger partial charge in [-0.05, 0) is 36.8 Å². The van der Waals surface area contributed by atoms with Crippen LogP contribution in [0.3, 0.4) is 0 Å². The number of hydrogen-bond acceptors (Lipinski definition) is 11. The second kappa shape index (κ2) is 8.81. The number of rotatable bonds is 7. The van der Waals surface area contributed by atoms with Gasteiger partial charge in [0.25, 0.3) is 0 Å². The highest BCUT2D eigenvalue weighted by Gasteiger charge is 2.45. The van der Waals surface area contributed by atoms with E-state index < -0.39 is 31.1 Å². The minimum atomic E-state index is -1.33. The molecule has 3 aromatic rings. The molecule has 4 atom stereocenters.